The topological polar surface area (TPSA) is 29.3 Å². The van der Waals surface area contributed by atoms with Crippen molar-refractivity contribution >= 4 is 23.1 Å². The van der Waals surface area contributed by atoms with Gasteiger partial charge in [0.1, 0.15) is 5.82 Å². The van der Waals surface area contributed by atoms with Gasteiger partial charge in [-0.1, -0.05) is 0 Å². The van der Waals surface area contributed by atoms with Crippen molar-refractivity contribution in [2.75, 3.05) is 28.7 Å². The highest BCUT2D eigenvalue weighted by Crippen LogP contribution is 2.29. The number of nitrogens with two attached hydrogens (primary N) is 1. The van der Waals surface area contributed by atoms with Crippen molar-refractivity contribution in [3.63, 3.8) is 0 Å². The third-order valence-corrected chi connectivity index (χ3v) is 3.86. The maximum Gasteiger partial charge on any atom is 0.125 e. The number of nitrogens with zero attached hydrogens (tertiary/aromatic N) is 1. The lowest BCUT2D eigenvalue weighted by molar-refractivity contribution is 0.624. The molecule has 0 aliphatic carbocycles. The quantitative estimate of drug-likeness (QED) is 0.745. The summed E-state index contributed by atoms with van der Waals surface area (Å²) in [5, 5.41) is 0. The fraction of sp³-hybridized carbons (Fsp3) is 0.455. The van der Waals surface area contributed by atoms with Crippen LogP contribution in [0, 0.1) is 5.82 Å². The molecule has 1 fully saturated rings. The predicted molar refractivity (Wildman–Crippen MR) is 64.9 cm³/mol. The molecule has 2 nitrogen and oxygen atoms in total. The molecule has 2 rings (SSSR count). The number of thioether (sulfide) groups is 1. The molecule has 0 aromatic heterocycles. The van der Waals surface area contributed by atoms with Crippen LogP contribution in [-0.2, 0) is 0 Å². The third-order valence-electron chi connectivity index (χ3n) is 2.67. The van der Waals surface area contributed by atoms with E-state index in [1.54, 1.807) is 6.07 Å². The van der Waals surface area contributed by atoms with E-state index in [1.165, 1.54) is 12.1 Å². The monoisotopic (exact) mass is 226 g/mol. The van der Waals surface area contributed by atoms with Gasteiger partial charge < -0.3 is 10.6 Å². The lowest BCUT2D eigenvalue weighted by Crippen LogP contribution is -2.40. The van der Waals surface area contributed by atoms with Crippen LogP contribution in [-0.4, -0.2) is 24.1 Å². The first-order valence-corrected chi connectivity index (χ1v) is 6.23. The summed E-state index contributed by atoms with van der Waals surface area (Å²) in [6.45, 7) is 3.09. The van der Waals surface area contributed by atoms with Crippen LogP contribution in [0.15, 0.2) is 18.2 Å². The number of hydrogen-bond acceptors (Lipinski definition) is 3. The number of nitrogen functional groups attached to an aromatic ring is 1. The molecule has 82 valence electrons. The van der Waals surface area contributed by atoms with E-state index in [0.717, 1.165) is 23.7 Å². The summed E-state index contributed by atoms with van der Waals surface area (Å²) in [7, 11) is 0. The minimum Gasteiger partial charge on any atom is -0.397 e. The number of halogens is 1. The third kappa shape index (κ3) is 2.20. The van der Waals surface area contributed by atoms with Crippen molar-refractivity contribution in [1.82, 2.24) is 0 Å². The lowest BCUT2D eigenvalue weighted by atomic mass is 10.2. The van der Waals surface area contributed by atoms with Gasteiger partial charge in [0.2, 0.25) is 0 Å². The van der Waals surface area contributed by atoms with Gasteiger partial charge in [-0.25, -0.2) is 4.39 Å². The van der Waals surface area contributed by atoms with Crippen LogP contribution in [0.25, 0.3) is 0 Å². The second-order valence-electron chi connectivity index (χ2n) is 3.82. The van der Waals surface area contributed by atoms with Crippen molar-refractivity contribution in [3.05, 3.63) is 24.0 Å². The van der Waals surface area contributed by atoms with Crippen LogP contribution < -0.4 is 10.6 Å². The summed E-state index contributed by atoms with van der Waals surface area (Å²) in [5.41, 5.74) is 7.37. The molecule has 0 radical (unpaired) electrons. The molecule has 1 heterocycles. The van der Waals surface area contributed by atoms with Gasteiger partial charge >= 0.3 is 0 Å². The van der Waals surface area contributed by atoms with Crippen molar-refractivity contribution < 1.29 is 4.39 Å². The van der Waals surface area contributed by atoms with Crippen LogP contribution in [0.3, 0.4) is 0 Å². The zero-order chi connectivity index (χ0) is 10.8. The van der Waals surface area contributed by atoms with Crippen LogP contribution in [0.4, 0.5) is 15.8 Å². The van der Waals surface area contributed by atoms with E-state index in [9.17, 15) is 4.39 Å². The van der Waals surface area contributed by atoms with Gasteiger partial charge in [0, 0.05) is 24.1 Å². The molecule has 15 heavy (non-hydrogen) atoms. The predicted octanol–water partition coefficient (Wildman–Crippen LogP) is 2.35. The first-order chi connectivity index (χ1) is 7.18. The molecule has 2 N–H and O–H groups in total. The van der Waals surface area contributed by atoms with Crippen molar-refractivity contribution in [1.29, 1.82) is 0 Å². The molecule has 0 saturated carbocycles. The molecule has 0 spiro atoms. The van der Waals surface area contributed by atoms with E-state index >= 15 is 0 Å². The van der Waals surface area contributed by atoms with E-state index in [0.29, 0.717) is 11.7 Å². The summed E-state index contributed by atoms with van der Waals surface area (Å²) >= 11 is 1.94. The Bertz CT molecular complexity index is 356. The zero-order valence-corrected chi connectivity index (χ0v) is 9.56. The number of rotatable bonds is 1. The molecular weight excluding hydrogens is 211 g/mol. The SMILES string of the molecule is CC1CSCCN1c1cc(F)ccc1N. The maximum absolute atomic E-state index is 13.1. The van der Waals surface area contributed by atoms with Gasteiger partial charge in [0.25, 0.3) is 0 Å². The molecule has 1 aromatic rings. The maximum atomic E-state index is 13.1. The van der Waals surface area contributed by atoms with Gasteiger partial charge in [-0.05, 0) is 25.1 Å². The molecule has 1 atom stereocenters. The Morgan fingerprint density at radius 3 is 3.07 bits per heavy atom. The highest BCUT2D eigenvalue weighted by atomic mass is 32.2. The number of benzene rings is 1. The minimum atomic E-state index is -0.218. The van der Waals surface area contributed by atoms with Gasteiger partial charge in [-0.2, -0.15) is 11.8 Å². The zero-order valence-electron chi connectivity index (χ0n) is 8.74. The lowest BCUT2D eigenvalue weighted by Gasteiger charge is -2.35. The Balaban J connectivity index is 2.30. The van der Waals surface area contributed by atoms with E-state index in [2.05, 4.69) is 11.8 Å². The fourth-order valence-corrected chi connectivity index (χ4v) is 2.86. The largest absolute Gasteiger partial charge is 0.397 e. The summed E-state index contributed by atoms with van der Waals surface area (Å²) in [6, 6.07) is 5.00. The highest BCUT2D eigenvalue weighted by molar-refractivity contribution is 7.99. The van der Waals surface area contributed by atoms with Crippen LogP contribution in [0.5, 0.6) is 0 Å². The Hall–Kier alpha value is -0.900. The van der Waals surface area contributed by atoms with E-state index in [1.807, 2.05) is 11.8 Å². The molecule has 1 unspecified atom stereocenters. The Morgan fingerprint density at radius 2 is 2.33 bits per heavy atom. The van der Waals surface area contributed by atoms with E-state index < -0.39 is 0 Å². The van der Waals surface area contributed by atoms with Gasteiger partial charge in [-0.15, -0.1) is 0 Å². The highest BCUT2D eigenvalue weighted by Gasteiger charge is 2.20. The second kappa shape index (κ2) is 4.31. The minimum absolute atomic E-state index is 0.218. The average Bonchev–Trinajstić information content (AvgIpc) is 2.23. The van der Waals surface area contributed by atoms with E-state index in [4.69, 9.17) is 5.73 Å². The summed E-state index contributed by atoms with van der Waals surface area (Å²) in [4.78, 5) is 2.19. The van der Waals surface area contributed by atoms with Crippen molar-refractivity contribution in [2.24, 2.45) is 0 Å². The first-order valence-electron chi connectivity index (χ1n) is 5.08. The summed E-state index contributed by atoms with van der Waals surface area (Å²) in [6.07, 6.45) is 0. The Labute approximate surface area is 93.6 Å². The molecule has 1 aromatic carbocycles. The molecule has 1 aliphatic rings. The molecule has 1 aliphatic heterocycles. The average molecular weight is 226 g/mol. The van der Waals surface area contributed by atoms with Crippen LogP contribution in [0.2, 0.25) is 0 Å². The molecule has 4 heteroatoms. The van der Waals surface area contributed by atoms with Crippen molar-refractivity contribution in [2.45, 2.75) is 13.0 Å². The molecule has 1 saturated heterocycles. The Kier molecular flexibility index (Phi) is 3.05. The summed E-state index contributed by atoms with van der Waals surface area (Å²) < 4.78 is 13.1. The van der Waals surface area contributed by atoms with Gasteiger partial charge in [-0.3, -0.25) is 0 Å². The molecular formula is C11H15FN2S. The van der Waals surface area contributed by atoms with Gasteiger partial charge in [0.05, 0.1) is 11.4 Å². The van der Waals surface area contributed by atoms with Crippen LogP contribution in [0.1, 0.15) is 6.92 Å². The molecule has 0 amide bonds. The van der Waals surface area contributed by atoms with Gasteiger partial charge in [0.15, 0.2) is 0 Å². The van der Waals surface area contributed by atoms with E-state index in [-0.39, 0.29) is 5.82 Å². The molecule has 0 bridgehead atoms. The standard InChI is InChI=1S/C11H15FN2S/c1-8-7-15-5-4-14(8)11-6-9(12)2-3-10(11)13/h2-3,6,8H,4-5,7,13H2,1H3. The van der Waals surface area contributed by atoms with Crippen LogP contribution >= 0.6 is 11.8 Å². The smallest absolute Gasteiger partial charge is 0.125 e. The second-order valence-corrected chi connectivity index (χ2v) is 4.97. The fourth-order valence-electron chi connectivity index (χ4n) is 1.85. The van der Waals surface area contributed by atoms with Crippen molar-refractivity contribution in [3.8, 4) is 0 Å². The normalized spacial score (nSPS) is 21.7. The number of anilines is 2. The summed E-state index contributed by atoms with van der Waals surface area (Å²) in [5.74, 6) is 1.95. The number of hydrogen-bond donors (Lipinski definition) is 1. The Morgan fingerprint density at radius 1 is 1.53 bits per heavy atom. The first kappa shape index (κ1) is 10.6.